The maximum Gasteiger partial charge on any atom is 0.0596 e. The molecule has 0 amide bonds. The zero-order valence-corrected chi connectivity index (χ0v) is 13.0. The molecule has 4 nitrogen and oxygen atoms in total. The number of aryl methyl sites for hydroxylation is 6. The molecule has 5 heteroatoms. The fraction of sp³-hybridized carbons (Fsp3) is 0.571. The van der Waals surface area contributed by atoms with Gasteiger partial charge in [-0.1, -0.05) is 0 Å². The van der Waals surface area contributed by atoms with Crippen LogP contribution in [0.3, 0.4) is 0 Å². The Morgan fingerprint density at radius 1 is 0.842 bits per heavy atom. The van der Waals surface area contributed by atoms with Gasteiger partial charge in [-0.25, -0.2) is 0 Å². The molecule has 0 fully saturated rings. The van der Waals surface area contributed by atoms with Crippen molar-refractivity contribution < 1.29 is 0 Å². The number of thioether (sulfide) groups is 1. The third-order valence-corrected chi connectivity index (χ3v) is 4.04. The Labute approximate surface area is 119 Å². The van der Waals surface area contributed by atoms with E-state index in [9.17, 15) is 0 Å². The number of rotatable bonds is 6. The van der Waals surface area contributed by atoms with Crippen molar-refractivity contribution in [1.29, 1.82) is 0 Å². The third-order valence-electron chi connectivity index (χ3n) is 3.10. The molecule has 0 radical (unpaired) electrons. The maximum absolute atomic E-state index is 4.47. The van der Waals surface area contributed by atoms with Crippen LogP contribution in [0.4, 0.5) is 0 Å². The summed E-state index contributed by atoms with van der Waals surface area (Å²) < 4.78 is 4.18. The minimum Gasteiger partial charge on any atom is -0.269 e. The molecule has 0 aliphatic rings. The molecular weight excluding hydrogens is 256 g/mol. The number of nitrogens with zero attached hydrogens (tertiary/aromatic N) is 4. The number of hydrogen-bond acceptors (Lipinski definition) is 3. The third kappa shape index (κ3) is 3.86. The van der Waals surface area contributed by atoms with Crippen LogP contribution >= 0.6 is 11.8 Å². The Kier molecular flexibility index (Phi) is 4.69. The van der Waals surface area contributed by atoms with Crippen molar-refractivity contribution in [2.45, 2.75) is 40.8 Å². The Balaban J connectivity index is 1.70. The molecule has 0 saturated heterocycles. The summed E-state index contributed by atoms with van der Waals surface area (Å²) in [6.07, 6.45) is 0. The lowest BCUT2D eigenvalue weighted by Crippen LogP contribution is -2.08. The number of hydrogen-bond donors (Lipinski definition) is 0. The highest BCUT2D eigenvalue weighted by atomic mass is 32.2. The van der Waals surface area contributed by atoms with Crippen LogP contribution in [-0.2, 0) is 13.1 Å². The molecule has 104 valence electrons. The predicted molar refractivity (Wildman–Crippen MR) is 80.7 cm³/mol. The molecule has 0 unspecified atom stereocenters. The monoisotopic (exact) mass is 278 g/mol. The van der Waals surface area contributed by atoms with Gasteiger partial charge < -0.3 is 0 Å². The first-order chi connectivity index (χ1) is 9.06. The lowest BCUT2D eigenvalue weighted by atomic mass is 10.4. The Bertz CT molecular complexity index is 493. The Hall–Kier alpha value is -1.23. The first kappa shape index (κ1) is 14.2. The van der Waals surface area contributed by atoms with Crippen LogP contribution in [-0.4, -0.2) is 31.1 Å². The van der Waals surface area contributed by atoms with Crippen molar-refractivity contribution in [2.75, 3.05) is 11.5 Å². The van der Waals surface area contributed by atoms with Gasteiger partial charge in [-0.3, -0.25) is 9.36 Å². The summed E-state index contributed by atoms with van der Waals surface area (Å²) in [7, 11) is 0. The van der Waals surface area contributed by atoms with Crippen LogP contribution in [0, 0.1) is 27.7 Å². The molecular formula is C14H22N4S. The molecule has 0 N–H and O–H groups in total. The van der Waals surface area contributed by atoms with E-state index in [-0.39, 0.29) is 0 Å². The average molecular weight is 278 g/mol. The molecule has 0 aromatic carbocycles. The van der Waals surface area contributed by atoms with Gasteiger partial charge in [0.25, 0.3) is 0 Å². The van der Waals surface area contributed by atoms with Crippen molar-refractivity contribution in [3.63, 3.8) is 0 Å². The fourth-order valence-corrected chi connectivity index (χ4v) is 3.01. The largest absolute Gasteiger partial charge is 0.269 e. The van der Waals surface area contributed by atoms with Crippen molar-refractivity contribution in [1.82, 2.24) is 19.6 Å². The summed E-state index contributed by atoms with van der Waals surface area (Å²) >= 11 is 1.96. The smallest absolute Gasteiger partial charge is 0.0596 e. The molecule has 0 saturated carbocycles. The summed E-state index contributed by atoms with van der Waals surface area (Å²) in [5, 5.41) is 8.94. The molecule has 2 aromatic rings. The van der Waals surface area contributed by atoms with Crippen LogP contribution in [0.25, 0.3) is 0 Å². The van der Waals surface area contributed by atoms with Crippen molar-refractivity contribution in [3.05, 3.63) is 34.9 Å². The predicted octanol–water partition coefficient (Wildman–Crippen LogP) is 2.75. The zero-order valence-electron chi connectivity index (χ0n) is 12.2. The normalized spacial score (nSPS) is 11.2. The number of aromatic nitrogens is 4. The summed E-state index contributed by atoms with van der Waals surface area (Å²) in [5.74, 6) is 2.20. The van der Waals surface area contributed by atoms with Crippen LogP contribution in [0.1, 0.15) is 22.8 Å². The van der Waals surface area contributed by atoms with Crippen LogP contribution in [0.5, 0.6) is 0 Å². The standard InChI is InChI=1S/C14H22N4S/c1-11-9-13(3)17(15-11)5-7-19-8-6-18-14(4)10-12(2)16-18/h9-10H,5-8H2,1-4H3. The van der Waals surface area contributed by atoms with Crippen LogP contribution in [0.2, 0.25) is 0 Å². The average Bonchev–Trinajstić information content (AvgIpc) is 2.81. The molecule has 2 rings (SSSR count). The lowest BCUT2D eigenvalue weighted by Gasteiger charge is -2.06. The van der Waals surface area contributed by atoms with Gasteiger partial charge in [0, 0.05) is 22.9 Å². The van der Waals surface area contributed by atoms with Gasteiger partial charge in [-0.05, 0) is 39.8 Å². The summed E-state index contributed by atoms with van der Waals surface area (Å²) in [4.78, 5) is 0. The first-order valence-corrected chi connectivity index (χ1v) is 7.81. The molecule has 0 bridgehead atoms. The molecule has 2 aromatic heterocycles. The van der Waals surface area contributed by atoms with Crippen LogP contribution < -0.4 is 0 Å². The SMILES string of the molecule is Cc1cc(C)n(CCSCCn2nc(C)cc2C)n1. The Morgan fingerprint density at radius 2 is 1.26 bits per heavy atom. The molecule has 19 heavy (non-hydrogen) atoms. The highest BCUT2D eigenvalue weighted by Gasteiger charge is 2.02. The van der Waals surface area contributed by atoms with Gasteiger partial charge in [-0.15, -0.1) is 0 Å². The first-order valence-electron chi connectivity index (χ1n) is 6.66. The second-order valence-corrected chi connectivity index (χ2v) is 6.14. The van der Waals surface area contributed by atoms with Crippen LogP contribution in [0.15, 0.2) is 12.1 Å². The highest BCUT2D eigenvalue weighted by molar-refractivity contribution is 7.99. The van der Waals surface area contributed by atoms with E-state index in [0.29, 0.717) is 0 Å². The lowest BCUT2D eigenvalue weighted by molar-refractivity contribution is 0.632. The van der Waals surface area contributed by atoms with E-state index >= 15 is 0 Å². The highest BCUT2D eigenvalue weighted by Crippen LogP contribution is 2.08. The topological polar surface area (TPSA) is 35.6 Å². The van der Waals surface area contributed by atoms with Gasteiger partial charge in [0.15, 0.2) is 0 Å². The van der Waals surface area contributed by atoms with E-state index < -0.39 is 0 Å². The van der Waals surface area contributed by atoms with Gasteiger partial charge >= 0.3 is 0 Å². The summed E-state index contributed by atoms with van der Waals surface area (Å²) in [6, 6.07) is 4.25. The molecule has 2 heterocycles. The molecule has 0 aliphatic heterocycles. The maximum atomic E-state index is 4.47. The van der Waals surface area contributed by atoms with E-state index in [4.69, 9.17) is 0 Å². The van der Waals surface area contributed by atoms with E-state index in [1.807, 2.05) is 25.6 Å². The minimum absolute atomic E-state index is 0.988. The summed E-state index contributed by atoms with van der Waals surface area (Å²) in [6.45, 7) is 10.3. The van der Waals surface area contributed by atoms with E-state index in [2.05, 4.69) is 45.5 Å². The van der Waals surface area contributed by atoms with Gasteiger partial charge in [-0.2, -0.15) is 22.0 Å². The van der Waals surface area contributed by atoms with Crippen molar-refractivity contribution in [3.8, 4) is 0 Å². The van der Waals surface area contributed by atoms with Gasteiger partial charge in [0.2, 0.25) is 0 Å². The zero-order chi connectivity index (χ0) is 13.8. The minimum atomic E-state index is 0.988. The molecule has 0 spiro atoms. The van der Waals surface area contributed by atoms with E-state index in [1.54, 1.807) is 0 Å². The second kappa shape index (κ2) is 6.28. The Morgan fingerprint density at radius 3 is 1.58 bits per heavy atom. The van der Waals surface area contributed by atoms with E-state index in [1.165, 1.54) is 11.4 Å². The molecule has 0 atom stereocenters. The summed E-state index contributed by atoms with van der Waals surface area (Å²) in [5.41, 5.74) is 4.70. The van der Waals surface area contributed by atoms with Gasteiger partial charge in [0.05, 0.1) is 24.5 Å². The second-order valence-electron chi connectivity index (χ2n) is 4.91. The molecule has 0 aliphatic carbocycles. The van der Waals surface area contributed by atoms with E-state index in [0.717, 1.165) is 36.0 Å². The fourth-order valence-electron chi connectivity index (χ4n) is 2.21. The van der Waals surface area contributed by atoms with Gasteiger partial charge in [0.1, 0.15) is 0 Å². The van der Waals surface area contributed by atoms with Crippen molar-refractivity contribution >= 4 is 11.8 Å². The van der Waals surface area contributed by atoms with Crippen molar-refractivity contribution in [2.24, 2.45) is 0 Å². The quantitative estimate of drug-likeness (QED) is 0.762.